The molecule has 7 nitrogen and oxygen atoms in total. The van der Waals surface area contributed by atoms with Crippen LogP contribution in [0.4, 0.5) is 0 Å². The highest BCUT2D eigenvalue weighted by molar-refractivity contribution is 5.75. The average molecular weight is 322 g/mol. The summed E-state index contributed by atoms with van der Waals surface area (Å²) in [7, 11) is 0. The zero-order valence-corrected chi connectivity index (χ0v) is 13.4. The van der Waals surface area contributed by atoms with Crippen LogP contribution in [-0.2, 0) is 16.0 Å². The lowest BCUT2D eigenvalue weighted by molar-refractivity contribution is -0.143. The first-order valence-electron chi connectivity index (χ1n) is 7.67. The van der Waals surface area contributed by atoms with Crippen molar-refractivity contribution in [3.8, 4) is 5.88 Å². The van der Waals surface area contributed by atoms with E-state index in [-0.39, 0.29) is 25.3 Å². The molecule has 0 atom stereocenters. The van der Waals surface area contributed by atoms with Crippen LogP contribution in [0.25, 0.3) is 11.0 Å². The number of rotatable bonds is 9. The number of fused-ring (bicyclic) bond motifs is 1. The Labute approximate surface area is 134 Å². The van der Waals surface area contributed by atoms with Gasteiger partial charge in [-0.05, 0) is 26.0 Å². The zero-order chi connectivity index (χ0) is 16.7. The van der Waals surface area contributed by atoms with Gasteiger partial charge >= 0.3 is 0 Å². The molecule has 2 rings (SSSR count). The van der Waals surface area contributed by atoms with Gasteiger partial charge in [-0.2, -0.15) is 4.98 Å². The number of hydrogen-bond donors (Lipinski definition) is 1. The van der Waals surface area contributed by atoms with Gasteiger partial charge in [-0.25, -0.2) is 0 Å². The summed E-state index contributed by atoms with van der Waals surface area (Å²) < 4.78 is 17.9. The molecule has 0 saturated carbocycles. The van der Waals surface area contributed by atoms with Crippen LogP contribution in [0.15, 0.2) is 29.1 Å². The van der Waals surface area contributed by atoms with Gasteiger partial charge in [-0.15, -0.1) is 0 Å². The zero-order valence-electron chi connectivity index (χ0n) is 13.4. The van der Waals surface area contributed by atoms with E-state index in [2.05, 4.69) is 4.98 Å². The molecule has 0 aliphatic rings. The summed E-state index contributed by atoms with van der Waals surface area (Å²) >= 11 is 0. The number of aliphatic hydroxyl groups excluding tert-OH is 1. The maximum atomic E-state index is 12.2. The molecule has 0 aromatic carbocycles. The molecule has 7 heteroatoms. The Bertz CT molecular complexity index is 680. The summed E-state index contributed by atoms with van der Waals surface area (Å²) in [6.07, 6.45) is -0.517. The molecule has 2 aromatic heterocycles. The van der Waals surface area contributed by atoms with E-state index >= 15 is 0 Å². The van der Waals surface area contributed by atoms with E-state index in [1.807, 2.05) is 19.9 Å². The lowest BCUT2D eigenvalue weighted by atomic mass is 10.3. The molecule has 0 spiro atoms. The molecule has 0 unspecified atom stereocenters. The van der Waals surface area contributed by atoms with Crippen LogP contribution >= 0.6 is 0 Å². The van der Waals surface area contributed by atoms with E-state index in [1.54, 1.807) is 12.1 Å². The minimum Gasteiger partial charge on any atom is -0.475 e. The van der Waals surface area contributed by atoms with Gasteiger partial charge in [0.15, 0.2) is 6.29 Å². The number of aliphatic hydroxyl groups is 1. The highest BCUT2D eigenvalue weighted by Gasteiger charge is 2.13. The Morgan fingerprint density at radius 3 is 2.52 bits per heavy atom. The van der Waals surface area contributed by atoms with Gasteiger partial charge in [0.2, 0.25) is 5.88 Å². The average Bonchev–Trinajstić information content (AvgIpc) is 2.56. The van der Waals surface area contributed by atoms with Gasteiger partial charge in [-0.3, -0.25) is 9.36 Å². The Kier molecular flexibility index (Phi) is 6.52. The van der Waals surface area contributed by atoms with Crippen molar-refractivity contribution in [2.24, 2.45) is 0 Å². The van der Waals surface area contributed by atoms with Crippen molar-refractivity contribution >= 4 is 11.0 Å². The number of ether oxygens (including phenoxy) is 3. The fraction of sp³-hybridized carbons (Fsp3) is 0.500. The largest absolute Gasteiger partial charge is 0.475 e. The molecule has 23 heavy (non-hydrogen) atoms. The quantitative estimate of drug-likeness (QED) is 0.698. The van der Waals surface area contributed by atoms with Crippen molar-refractivity contribution in [3.05, 3.63) is 34.6 Å². The molecule has 0 radical (unpaired) electrons. The van der Waals surface area contributed by atoms with E-state index in [0.29, 0.717) is 24.7 Å². The molecule has 0 aliphatic heterocycles. The molecule has 0 fully saturated rings. The molecular weight excluding hydrogens is 300 g/mol. The van der Waals surface area contributed by atoms with Crippen molar-refractivity contribution in [2.45, 2.75) is 26.7 Å². The summed E-state index contributed by atoms with van der Waals surface area (Å²) in [6.45, 7) is 5.02. The highest BCUT2D eigenvalue weighted by atomic mass is 16.7. The first-order valence-corrected chi connectivity index (χ1v) is 7.67. The van der Waals surface area contributed by atoms with Crippen LogP contribution in [0.3, 0.4) is 0 Å². The third kappa shape index (κ3) is 4.51. The van der Waals surface area contributed by atoms with Crippen LogP contribution in [-0.4, -0.2) is 47.4 Å². The number of nitrogens with zero attached hydrogens (tertiary/aromatic N) is 2. The van der Waals surface area contributed by atoms with E-state index in [9.17, 15) is 4.79 Å². The maximum Gasteiger partial charge on any atom is 0.252 e. The summed E-state index contributed by atoms with van der Waals surface area (Å²) in [5.41, 5.74) is 0.311. The first-order chi connectivity index (χ1) is 11.2. The van der Waals surface area contributed by atoms with Gasteiger partial charge in [-0.1, -0.05) is 0 Å². The maximum absolute atomic E-state index is 12.2. The van der Waals surface area contributed by atoms with Crippen LogP contribution < -0.4 is 10.3 Å². The highest BCUT2D eigenvalue weighted by Crippen LogP contribution is 2.16. The second kappa shape index (κ2) is 8.61. The fourth-order valence-electron chi connectivity index (χ4n) is 2.22. The van der Waals surface area contributed by atoms with Crippen LogP contribution in [0.1, 0.15) is 13.8 Å². The molecular formula is C16H22N2O5. The topological polar surface area (TPSA) is 82.8 Å². The minimum absolute atomic E-state index is 0.0991. The number of aromatic nitrogens is 2. The summed E-state index contributed by atoms with van der Waals surface area (Å²) in [5.74, 6) is 0.357. The Morgan fingerprint density at radius 1 is 1.17 bits per heavy atom. The molecule has 2 heterocycles. The molecule has 0 bridgehead atoms. The smallest absolute Gasteiger partial charge is 0.252 e. The van der Waals surface area contributed by atoms with Gasteiger partial charge in [0, 0.05) is 30.7 Å². The predicted octanol–water partition coefficient (Wildman–Crippen LogP) is 1.17. The van der Waals surface area contributed by atoms with Crippen LogP contribution in [0.2, 0.25) is 0 Å². The monoisotopic (exact) mass is 322 g/mol. The Morgan fingerprint density at radius 2 is 1.87 bits per heavy atom. The van der Waals surface area contributed by atoms with Crippen LogP contribution in [0.5, 0.6) is 5.88 Å². The Hall–Kier alpha value is -1.96. The van der Waals surface area contributed by atoms with Crippen molar-refractivity contribution < 1.29 is 19.3 Å². The number of pyridine rings is 2. The summed E-state index contributed by atoms with van der Waals surface area (Å²) in [4.78, 5) is 16.6. The van der Waals surface area contributed by atoms with Crippen molar-refractivity contribution in [2.75, 3.05) is 26.4 Å². The molecule has 0 amide bonds. The predicted molar refractivity (Wildman–Crippen MR) is 85.6 cm³/mol. The van der Waals surface area contributed by atoms with Crippen molar-refractivity contribution in [1.82, 2.24) is 9.55 Å². The van der Waals surface area contributed by atoms with E-state index in [0.717, 1.165) is 5.39 Å². The molecule has 0 aliphatic carbocycles. The minimum atomic E-state index is -0.517. The molecule has 2 aromatic rings. The van der Waals surface area contributed by atoms with Crippen molar-refractivity contribution in [3.63, 3.8) is 0 Å². The summed E-state index contributed by atoms with van der Waals surface area (Å²) in [6, 6.07) is 6.73. The first kappa shape index (κ1) is 17.4. The molecule has 1 N–H and O–H groups in total. The SMILES string of the molecule is CCOC(Cn1c(=O)ccc2ccc(OCCO)nc21)OCC. The van der Waals surface area contributed by atoms with E-state index in [1.165, 1.54) is 10.6 Å². The van der Waals surface area contributed by atoms with E-state index in [4.69, 9.17) is 19.3 Å². The standard InChI is InChI=1S/C16H22N2O5/c1-3-21-15(22-4-2)11-18-14(20)8-6-12-5-7-13(17-16(12)18)23-10-9-19/h5-8,15,19H,3-4,9-11H2,1-2H3. The lowest BCUT2D eigenvalue weighted by Crippen LogP contribution is -2.30. The van der Waals surface area contributed by atoms with Gasteiger partial charge in [0.1, 0.15) is 12.3 Å². The van der Waals surface area contributed by atoms with E-state index < -0.39 is 6.29 Å². The fourth-order valence-corrected chi connectivity index (χ4v) is 2.22. The van der Waals surface area contributed by atoms with Gasteiger partial charge < -0.3 is 19.3 Å². The van der Waals surface area contributed by atoms with Crippen LogP contribution in [0, 0.1) is 0 Å². The lowest BCUT2D eigenvalue weighted by Gasteiger charge is -2.19. The van der Waals surface area contributed by atoms with Gasteiger partial charge in [0.05, 0.1) is 13.2 Å². The third-order valence-corrected chi connectivity index (χ3v) is 3.18. The molecule has 0 saturated heterocycles. The Balaban J connectivity index is 2.39. The molecule has 126 valence electrons. The normalized spacial score (nSPS) is 11.3. The summed E-state index contributed by atoms with van der Waals surface area (Å²) in [5, 5.41) is 9.65. The second-order valence-electron chi connectivity index (χ2n) is 4.76. The van der Waals surface area contributed by atoms with Gasteiger partial charge in [0.25, 0.3) is 5.56 Å². The van der Waals surface area contributed by atoms with Crippen molar-refractivity contribution in [1.29, 1.82) is 0 Å². The third-order valence-electron chi connectivity index (χ3n) is 3.18. The second-order valence-corrected chi connectivity index (χ2v) is 4.76. The number of hydrogen-bond acceptors (Lipinski definition) is 6.